The van der Waals surface area contributed by atoms with Gasteiger partial charge in [0.2, 0.25) is 0 Å². The van der Waals surface area contributed by atoms with Crippen LogP contribution in [0.15, 0.2) is 0 Å². The maximum absolute atomic E-state index is 13.1. The van der Waals surface area contributed by atoms with Gasteiger partial charge in [0.25, 0.3) is 0 Å². The second kappa shape index (κ2) is 73.2. The molecule has 0 bridgehead atoms. The molecule has 17 nitrogen and oxygen atoms in total. The van der Waals surface area contributed by atoms with E-state index in [-0.39, 0.29) is 25.7 Å². The van der Waals surface area contributed by atoms with Gasteiger partial charge in [-0.15, -0.1) is 0 Å². The predicted octanol–water partition coefficient (Wildman–Crippen LogP) is 24.9. The number of aliphatic hydroxyl groups is 1. The van der Waals surface area contributed by atoms with Gasteiger partial charge in [-0.3, -0.25) is 37.3 Å². The molecular weight excluding hydrogens is 1330 g/mol. The molecule has 3 unspecified atom stereocenters. The normalized spacial score (nSPS) is 14.2. The first-order valence-electron chi connectivity index (χ1n) is 42.9. The summed E-state index contributed by atoms with van der Waals surface area (Å²) < 4.78 is 68.8. The first kappa shape index (κ1) is 100. The molecule has 606 valence electrons. The minimum absolute atomic E-state index is 0.105. The first-order chi connectivity index (χ1) is 49.3. The van der Waals surface area contributed by atoms with Crippen LogP contribution in [0.5, 0.6) is 0 Å². The van der Waals surface area contributed by atoms with Crippen LogP contribution in [0.3, 0.4) is 0 Å². The molecule has 0 saturated carbocycles. The minimum atomic E-state index is -4.96. The molecule has 0 fully saturated rings. The lowest BCUT2D eigenvalue weighted by Gasteiger charge is -2.21. The fourth-order valence-electron chi connectivity index (χ4n) is 12.8. The zero-order chi connectivity index (χ0) is 75.1. The molecule has 0 aliphatic carbocycles. The summed E-state index contributed by atoms with van der Waals surface area (Å²) in [5, 5.41) is 10.6. The summed E-state index contributed by atoms with van der Waals surface area (Å²) in [5.41, 5.74) is 0. The largest absolute Gasteiger partial charge is 0.472 e. The van der Waals surface area contributed by atoms with E-state index in [2.05, 4.69) is 48.5 Å². The highest BCUT2D eigenvalue weighted by atomic mass is 31.2. The van der Waals surface area contributed by atoms with E-state index in [4.69, 9.17) is 37.0 Å². The Labute approximate surface area is 626 Å². The summed E-state index contributed by atoms with van der Waals surface area (Å²) >= 11 is 0. The lowest BCUT2D eigenvalue weighted by Crippen LogP contribution is -2.30. The molecule has 0 aromatic carbocycles. The number of unbranched alkanes of at least 4 members (excludes halogenated alkanes) is 48. The van der Waals surface area contributed by atoms with Crippen molar-refractivity contribution in [1.29, 1.82) is 0 Å². The smallest absolute Gasteiger partial charge is 0.462 e. The highest BCUT2D eigenvalue weighted by molar-refractivity contribution is 7.47. The maximum atomic E-state index is 13.1. The van der Waals surface area contributed by atoms with Crippen LogP contribution in [0.1, 0.15) is 434 Å². The number of aliphatic hydroxyl groups excluding tert-OH is 1. The third-order valence-corrected chi connectivity index (χ3v) is 21.6. The van der Waals surface area contributed by atoms with Gasteiger partial charge in [0.15, 0.2) is 12.2 Å². The van der Waals surface area contributed by atoms with Gasteiger partial charge in [-0.1, -0.05) is 382 Å². The molecule has 19 heteroatoms. The van der Waals surface area contributed by atoms with Crippen molar-refractivity contribution >= 4 is 39.5 Å². The van der Waals surface area contributed by atoms with Crippen LogP contribution < -0.4 is 0 Å². The lowest BCUT2D eigenvalue weighted by molar-refractivity contribution is -0.161. The number of carbonyl (C=O) groups excluding carboxylic acids is 4. The average Bonchev–Trinajstić information content (AvgIpc) is 0.914. The van der Waals surface area contributed by atoms with Crippen molar-refractivity contribution in [2.45, 2.75) is 452 Å². The molecule has 3 N–H and O–H groups in total. The Balaban J connectivity index is 5.22. The number of hydrogen-bond acceptors (Lipinski definition) is 15. The predicted molar refractivity (Wildman–Crippen MR) is 418 cm³/mol. The van der Waals surface area contributed by atoms with Gasteiger partial charge in [-0.05, 0) is 43.4 Å². The summed E-state index contributed by atoms with van der Waals surface area (Å²) in [4.78, 5) is 73.1. The molecule has 0 aliphatic rings. The van der Waals surface area contributed by atoms with E-state index in [1.54, 1.807) is 0 Å². The van der Waals surface area contributed by atoms with Crippen LogP contribution in [-0.4, -0.2) is 96.7 Å². The standard InChI is InChI=1S/C83H162O17P2/c1-8-10-11-12-13-14-15-16-17-18-22-25-28-31-37-42-50-57-64-80(85)93-70-78(99-82(87)66-59-52-43-38-32-29-26-23-20-19-21-24-27-30-35-40-47-54-61-74(3)4)72-97-101(89,90)95-68-77(84)69-96-102(91,92)98-73-79(71-94-81(86)65-58-51-46-45-49-56-63-76(7)9-2)100-83(88)67-60-53-44-39-34-33-36-41-48-55-62-75(5)6/h74-79,84H,8-73H2,1-7H3,(H,89,90)(H,91,92)/t76?,77-,78-,79-/m1/s1. The van der Waals surface area contributed by atoms with Gasteiger partial charge in [-0.2, -0.15) is 0 Å². The molecule has 102 heavy (non-hydrogen) atoms. The second-order valence-electron chi connectivity index (χ2n) is 31.1. The van der Waals surface area contributed by atoms with Gasteiger partial charge in [0, 0.05) is 25.7 Å². The van der Waals surface area contributed by atoms with Crippen molar-refractivity contribution in [1.82, 2.24) is 0 Å². The Bertz CT molecular complexity index is 1980. The van der Waals surface area contributed by atoms with E-state index in [0.29, 0.717) is 25.7 Å². The van der Waals surface area contributed by atoms with Crippen molar-refractivity contribution < 1.29 is 80.2 Å². The highest BCUT2D eigenvalue weighted by Crippen LogP contribution is 2.45. The van der Waals surface area contributed by atoms with Crippen molar-refractivity contribution in [3.05, 3.63) is 0 Å². The van der Waals surface area contributed by atoms with Crippen LogP contribution in [0.4, 0.5) is 0 Å². The van der Waals surface area contributed by atoms with E-state index in [9.17, 15) is 43.2 Å². The van der Waals surface area contributed by atoms with E-state index in [1.165, 1.54) is 238 Å². The molecule has 6 atom stereocenters. The Morgan fingerprint density at radius 1 is 0.284 bits per heavy atom. The first-order valence-corrected chi connectivity index (χ1v) is 45.9. The van der Waals surface area contributed by atoms with Gasteiger partial charge in [-0.25, -0.2) is 9.13 Å². The van der Waals surface area contributed by atoms with Crippen LogP contribution in [0.25, 0.3) is 0 Å². The highest BCUT2D eigenvalue weighted by Gasteiger charge is 2.30. The van der Waals surface area contributed by atoms with Crippen molar-refractivity contribution in [2.75, 3.05) is 39.6 Å². The van der Waals surface area contributed by atoms with E-state index < -0.39 is 97.5 Å². The third-order valence-electron chi connectivity index (χ3n) is 19.7. The summed E-state index contributed by atoms with van der Waals surface area (Å²) in [6, 6.07) is 0. The SMILES string of the molecule is CCCCCCCCCCCCCCCCCCCCC(=O)OC[C@H](COP(=O)(O)OC[C@@H](O)COP(=O)(O)OC[C@@H](COC(=O)CCCCCCCCC(C)CC)OC(=O)CCCCCCCCCCCCC(C)C)OC(=O)CCCCCCCCCCCCCCCCCCCCC(C)C. The van der Waals surface area contributed by atoms with E-state index >= 15 is 0 Å². The minimum Gasteiger partial charge on any atom is -0.462 e. The molecule has 0 aromatic heterocycles. The molecule has 0 amide bonds. The fourth-order valence-corrected chi connectivity index (χ4v) is 14.4. The molecule has 0 spiro atoms. The Morgan fingerprint density at radius 2 is 0.500 bits per heavy atom. The number of phosphoric ester groups is 2. The topological polar surface area (TPSA) is 237 Å². The van der Waals surface area contributed by atoms with Crippen LogP contribution >= 0.6 is 15.6 Å². The van der Waals surface area contributed by atoms with Gasteiger partial charge in [0.1, 0.15) is 19.3 Å². The molecular formula is C83H162O17P2. The maximum Gasteiger partial charge on any atom is 0.472 e. The molecule has 0 aromatic rings. The summed E-state index contributed by atoms with van der Waals surface area (Å²) in [6.45, 7) is 11.9. The van der Waals surface area contributed by atoms with Crippen LogP contribution in [-0.2, 0) is 65.4 Å². The number of rotatable bonds is 81. The average molecular weight is 1490 g/mol. The van der Waals surface area contributed by atoms with Crippen molar-refractivity contribution in [3.63, 3.8) is 0 Å². The van der Waals surface area contributed by atoms with Gasteiger partial charge < -0.3 is 33.8 Å². The number of hydrogen-bond donors (Lipinski definition) is 3. The Kier molecular flexibility index (Phi) is 71.8. The fraction of sp³-hybridized carbons (Fsp3) is 0.952. The lowest BCUT2D eigenvalue weighted by atomic mass is 10.00. The number of esters is 4. The van der Waals surface area contributed by atoms with Crippen molar-refractivity contribution in [2.24, 2.45) is 17.8 Å². The summed E-state index contributed by atoms with van der Waals surface area (Å²) in [6.07, 6.45) is 62.6. The van der Waals surface area contributed by atoms with Gasteiger partial charge in [0.05, 0.1) is 26.4 Å². The third kappa shape index (κ3) is 74.9. The Hall–Kier alpha value is -1.94. The monoisotopic (exact) mass is 1490 g/mol. The summed E-state index contributed by atoms with van der Waals surface area (Å²) in [7, 11) is -9.92. The summed E-state index contributed by atoms with van der Waals surface area (Å²) in [5.74, 6) is 0.193. The molecule has 0 rings (SSSR count). The number of carbonyl (C=O) groups is 4. The van der Waals surface area contributed by atoms with E-state index in [1.807, 2.05) is 0 Å². The van der Waals surface area contributed by atoms with Gasteiger partial charge >= 0.3 is 39.5 Å². The Morgan fingerprint density at radius 3 is 0.745 bits per heavy atom. The second-order valence-corrected chi connectivity index (χ2v) is 34.0. The van der Waals surface area contributed by atoms with Crippen LogP contribution in [0.2, 0.25) is 0 Å². The van der Waals surface area contributed by atoms with Crippen LogP contribution in [0, 0.1) is 17.8 Å². The van der Waals surface area contributed by atoms with E-state index in [0.717, 1.165) is 114 Å². The van der Waals surface area contributed by atoms with Crippen molar-refractivity contribution in [3.8, 4) is 0 Å². The molecule has 0 aliphatic heterocycles. The molecule has 0 heterocycles. The zero-order valence-electron chi connectivity index (χ0n) is 67.1. The molecule has 0 saturated heterocycles. The molecule has 0 radical (unpaired) electrons. The quantitative estimate of drug-likeness (QED) is 0.0222. The number of phosphoric acid groups is 2. The number of ether oxygens (including phenoxy) is 4. The zero-order valence-corrected chi connectivity index (χ0v) is 68.9.